The van der Waals surface area contributed by atoms with E-state index in [1.54, 1.807) is 0 Å². The molecule has 1 atom stereocenters. The second-order valence-corrected chi connectivity index (χ2v) is 5.60. The number of nitrogens with zero attached hydrogens (tertiary/aromatic N) is 1. The Morgan fingerprint density at radius 1 is 1.25 bits per heavy atom. The fourth-order valence-electron chi connectivity index (χ4n) is 2.98. The van der Waals surface area contributed by atoms with Crippen molar-refractivity contribution < 1.29 is 0 Å². The van der Waals surface area contributed by atoms with Crippen LogP contribution in [-0.4, -0.2) is 30.1 Å². The normalized spacial score (nSPS) is 21.6. The van der Waals surface area contributed by atoms with Gasteiger partial charge in [0.05, 0.1) is 0 Å². The Morgan fingerprint density at radius 3 is 2.31 bits per heavy atom. The van der Waals surface area contributed by atoms with Crippen molar-refractivity contribution in [2.45, 2.75) is 64.8 Å². The first-order valence-electron chi connectivity index (χ1n) is 7.13. The molecule has 0 bridgehead atoms. The molecule has 96 valence electrons. The van der Waals surface area contributed by atoms with E-state index < -0.39 is 0 Å². The minimum Gasteiger partial charge on any atom is -0.329 e. The maximum atomic E-state index is 6.08. The predicted molar refractivity (Wildman–Crippen MR) is 71.6 cm³/mol. The summed E-state index contributed by atoms with van der Waals surface area (Å²) in [5, 5.41) is 0. The average molecular weight is 226 g/mol. The van der Waals surface area contributed by atoms with Crippen molar-refractivity contribution in [1.29, 1.82) is 0 Å². The molecule has 16 heavy (non-hydrogen) atoms. The fourth-order valence-corrected chi connectivity index (χ4v) is 2.98. The summed E-state index contributed by atoms with van der Waals surface area (Å²) in [6.07, 6.45) is 7.91. The van der Waals surface area contributed by atoms with Crippen LogP contribution < -0.4 is 5.73 Å². The number of nitrogens with two attached hydrogens (primary N) is 1. The molecule has 1 aliphatic rings. The summed E-state index contributed by atoms with van der Waals surface area (Å²) in [7, 11) is 0. The van der Waals surface area contributed by atoms with Gasteiger partial charge in [-0.1, -0.05) is 40.0 Å². The molecule has 1 unspecified atom stereocenters. The summed E-state index contributed by atoms with van der Waals surface area (Å²) < 4.78 is 0. The first-order chi connectivity index (χ1) is 7.68. The van der Waals surface area contributed by atoms with Crippen LogP contribution in [0.5, 0.6) is 0 Å². The van der Waals surface area contributed by atoms with Gasteiger partial charge < -0.3 is 5.73 Å². The molecule has 2 N–H and O–H groups in total. The Labute approximate surface area is 102 Å². The number of hydrogen-bond donors (Lipinski definition) is 1. The highest BCUT2D eigenvalue weighted by Crippen LogP contribution is 2.35. The molecule has 0 aromatic heterocycles. The third kappa shape index (κ3) is 3.21. The highest BCUT2D eigenvalue weighted by Gasteiger charge is 2.37. The summed E-state index contributed by atoms with van der Waals surface area (Å²) in [6, 6.07) is 0. The zero-order valence-electron chi connectivity index (χ0n) is 11.5. The molecule has 2 nitrogen and oxygen atoms in total. The second kappa shape index (κ2) is 6.61. The van der Waals surface area contributed by atoms with Gasteiger partial charge in [0, 0.05) is 18.6 Å². The second-order valence-electron chi connectivity index (χ2n) is 5.60. The Morgan fingerprint density at radius 2 is 1.88 bits per heavy atom. The molecule has 0 saturated heterocycles. The first kappa shape index (κ1) is 14.0. The molecular formula is C14H30N2. The summed E-state index contributed by atoms with van der Waals surface area (Å²) in [5.41, 5.74) is 6.42. The van der Waals surface area contributed by atoms with Crippen molar-refractivity contribution in [3.8, 4) is 0 Å². The van der Waals surface area contributed by atoms with Crippen molar-refractivity contribution in [3.05, 3.63) is 0 Å². The summed E-state index contributed by atoms with van der Waals surface area (Å²) >= 11 is 0. The van der Waals surface area contributed by atoms with Gasteiger partial charge in [-0.15, -0.1) is 0 Å². The minimum atomic E-state index is 0.347. The van der Waals surface area contributed by atoms with Crippen molar-refractivity contribution in [2.24, 2.45) is 11.7 Å². The Bertz CT molecular complexity index is 185. The van der Waals surface area contributed by atoms with Gasteiger partial charge in [-0.3, -0.25) is 4.90 Å². The van der Waals surface area contributed by atoms with E-state index in [0.29, 0.717) is 5.54 Å². The van der Waals surface area contributed by atoms with Gasteiger partial charge in [-0.05, 0) is 31.7 Å². The smallest absolute Gasteiger partial charge is 0.0331 e. The van der Waals surface area contributed by atoms with Crippen molar-refractivity contribution in [2.75, 3.05) is 19.6 Å². The lowest BCUT2D eigenvalue weighted by atomic mass is 9.93. The van der Waals surface area contributed by atoms with E-state index in [-0.39, 0.29) is 0 Å². The SMILES string of the molecule is CCCN(CC(C)CC)C1(CN)CCCC1. The Kier molecular flexibility index (Phi) is 5.77. The maximum Gasteiger partial charge on any atom is 0.0331 e. The lowest BCUT2D eigenvalue weighted by Gasteiger charge is -2.42. The van der Waals surface area contributed by atoms with Crippen molar-refractivity contribution >= 4 is 0 Å². The number of hydrogen-bond acceptors (Lipinski definition) is 2. The highest BCUT2D eigenvalue weighted by atomic mass is 15.2. The molecule has 1 saturated carbocycles. The van der Waals surface area contributed by atoms with Crippen LogP contribution in [0, 0.1) is 5.92 Å². The van der Waals surface area contributed by atoms with Crippen LogP contribution in [0.3, 0.4) is 0 Å². The molecule has 0 aromatic carbocycles. The van der Waals surface area contributed by atoms with Gasteiger partial charge >= 0.3 is 0 Å². The lowest BCUT2D eigenvalue weighted by molar-refractivity contribution is 0.0817. The molecular weight excluding hydrogens is 196 g/mol. The average Bonchev–Trinajstić information content (AvgIpc) is 2.78. The third-order valence-electron chi connectivity index (χ3n) is 4.31. The van der Waals surface area contributed by atoms with E-state index in [9.17, 15) is 0 Å². The van der Waals surface area contributed by atoms with Crippen LogP contribution in [0.25, 0.3) is 0 Å². The van der Waals surface area contributed by atoms with E-state index >= 15 is 0 Å². The van der Waals surface area contributed by atoms with Crippen LogP contribution in [0.2, 0.25) is 0 Å². The lowest BCUT2D eigenvalue weighted by Crippen LogP contribution is -2.53. The molecule has 0 aromatic rings. The zero-order valence-corrected chi connectivity index (χ0v) is 11.5. The van der Waals surface area contributed by atoms with E-state index in [2.05, 4.69) is 25.7 Å². The molecule has 0 aliphatic heterocycles. The van der Waals surface area contributed by atoms with E-state index in [1.807, 2.05) is 0 Å². The van der Waals surface area contributed by atoms with Gasteiger partial charge in [-0.25, -0.2) is 0 Å². The van der Waals surface area contributed by atoms with Gasteiger partial charge in [0.2, 0.25) is 0 Å². The van der Waals surface area contributed by atoms with E-state index in [0.717, 1.165) is 12.5 Å². The molecule has 0 heterocycles. The Hall–Kier alpha value is -0.0800. The van der Waals surface area contributed by atoms with E-state index in [1.165, 1.54) is 51.6 Å². The monoisotopic (exact) mass is 226 g/mol. The number of rotatable bonds is 7. The standard InChI is InChI=1S/C14H30N2/c1-4-10-16(11-13(3)5-2)14(12-15)8-6-7-9-14/h13H,4-12,15H2,1-3H3. The van der Waals surface area contributed by atoms with Crippen LogP contribution in [0.4, 0.5) is 0 Å². The fraction of sp³-hybridized carbons (Fsp3) is 1.00. The summed E-state index contributed by atoms with van der Waals surface area (Å²) in [4.78, 5) is 2.70. The molecule has 0 amide bonds. The van der Waals surface area contributed by atoms with E-state index in [4.69, 9.17) is 5.73 Å². The third-order valence-corrected chi connectivity index (χ3v) is 4.31. The summed E-state index contributed by atoms with van der Waals surface area (Å²) in [5.74, 6) is 0.801. The quantitative estimate of drug-likeness (QED) is 0.723. The first-order valence-corrected chi connectivity index (χ1v) is 7.13. The summed E-state index contributed by atoms with van der Waals surface area (Å²) in [6.45, 7) is 10.2. The highest BCUT2D eigenvalue weighted by molar-refractivity contribution is 4.96. The topological polar surface area (TPSA) is 29.3 Å². The van der Waals surface area contributed by atoms with Crippen LogP contribution >= 0.6 is 0 Å². The van der Waals surface area contributed by atoms with Gasteiger partial charge in [-0.2, -0.15) is 0 Å². The van der Waals surface area contributed by atoms with Gasteiger partial charge in [0.25, 0.3) is 0 Å². The molecule has 1 fully saturated rings. The van der Waals surface area contributed by atoms with Gasteiger partial charge in [0.1, 0.15) is 0 Å². The molecule has 2 heteroatoms. The van der Waals surface area contributed by atoms with Crippen molar-refractivity contribution in [3.63, 3.8) is 0 Å². The van der Waals surface area contributed by atoms with Crippen LogP contribution in [0.1, 0.15) is 59.3 Å². The largest absolute Gasteiger partial charge is 0.329 e. The van der Waals surface area contributed by atoms with Crippen LogP contribution in [0.15, 0.2) is 0 Å². The molecule has 0 radical (unpaired) electrons. The minimum absolute atomic E-state index is 0.347. The maximum absolute atomic E-state index is 6.08. The molecule has 1 aliphatic carbocycles. The predicted octanol–water partition coefficient (Wildman–Crippen LogP) is 3.02. The van der Waals surface area contributed by atoms with Crippen LogP contribution in [-0.2, 0) is 0 Å². The molecule has 0 spiro atoms. The Balaban J connectivity index is 2.65. The van der Waals surface area contributed by atoms with Gasteiger partial charge in [0.15, 0.2) is 0 Å². The van der Waals surface area contributed by atoms with Crippen molar-refractivity contribution in [1.82, 2.24) is 4.90 Å². The zero-order chi connectivity index (χ0) is 12.0. The molecule has 1 rings (SSSR count).